The van der Waals surface area contributed by atoms with E-state index in [9.17, 15) is 10.1 Å². The zero-order valence-corrected chi connectivity index (χ0v) is 18.2. The first-order chi connectivity index (χ1) is 16.5. The number of pyridine rings is 1. The van der Waals surface area contributed by atoms with Gasteiger partial charge in [0.05, 0.1) is 22.0 Å². The van der Waals surface area contributed by atoms with Gasteiger partial charge in [-0.05, 0) is 53.9 Å². The Balaban J connectivity index is 1.42. The average Bonchev–Trinajstić information content (AvgIpc) is 3.27. The number of nitro benzene ring substituents is 1. The van der Waals surface area contributed by atoms with Crippen molar-refractivity contribution >= 4 is 28.5 Å². The summed E-state index contributed by atoms with van der Waals surface area (Å²) in [6.07, 6.45) is 5.05. The number of aromatic nitrogens is 5. The van der Waals surface area contributed by atoms with E-state index in [4.69, 9.17) is 5.73 Å². The van der Waals surface area contributed by atoms with Crippen molar-refractivity contribution in [2.75, 3.05) is 11.1 Å². The molecule has 0 fully saturated rings. The zero-order valence-electron chi connectivity index (χ0n) is 18.2. The van der Waals surface area contributed by atoms with Gasteiger partial charge in [-0.3, -0.25) is 14.7 Å². The number of benzene rings is 2. The van der Waals surface area contributed by atoms with Gasteiger partial charge in [0.2, 0.25) is 5.95 Å². The SMILES string of the molecule is C[C@H](Nc1nccc(-n2cnc3cc(-c4ccnc(N)c4)ccc32)n1)c1cccc([N+](=O)[O-])c1. The summed E-state index contributed by atoms with van der Waals surface area (Å²) in [6, 6.07) is 17.8. The molecule has 10 nitrogen and oxygen atoms in total. The summed E-state index contributed by atoms with van der Waals surface area (Å²) in [5.74, 6) is 1.51. The molecule has 0 saturated carbocycles. The van der Waals surface area contributed by atoms with E-state index in [0.717, 1.165) is 27.7 Å². The molecule has 168 valence electrons. The molecular formula is C24H20N8O2. The lowest BCUT2D eigenvalue weighted by atomic mass is 10.1. The predicted octanol–water partition coefficient (Wildman–Crippen LogP) is 4.54. The number of rotatable bonds is 6. The Bertz CT molecular complexity index is 1510. The van der Waals surface area contributed by atoms with Crippen molar-refractivity contribution in [1.82, 2.24) is 24.5 Å². The van der Waals surface area contributed by atoms with Gasteiger partial charge in [-0.2, -0.15) is 4.98 Å². The third-order valence-corrected chi connectivity index (χ3v) is 5.48. The van der Waals surface area contributed by atoms with E-state index in [1.54, 1.807) is 36.9 Å². The first-order valence-electron chi connectivity index (χ1n) is 10.5. The molecule has 1 atom stereocenters. The van der Waals surface area contributed by atoms with Crippen LogP contribution in [0.25, 0.3) is 28.0 Å². The fourth-order valence-electron chi connectivity index (χ4n) is 3.74. The van der Waals surface area contributed by atoms with Crippen molar-refractivity contribution in [2.24, 2.45) is 0 Å². The number of anilines is 2. The number of nitrogen functional groups attached to an aromatic ring is 1. The van der Waals surface area contributed by atoms with Gasteiger partial charge in [0.15, 0.2) is 0 Å². The largest absolute Gasteiger partial charge is 0.384 e. The van der Waals surface area contributed by atoms with E-state index < -0.39 is 4.92 Å². The number of imidazole rings is 1. The fraction of sp³-hybridized carbons (Fsp3) is 0.0833. The van der Waals surface area contributed by atoms with Crippen molar-refractivity contribution < 1.29 is 4.92 Å². The van der Waals surface area contributed by atoms with Crippen LogP contribution in [-0.4, -0.2) is 29.4 Å². The fourth-order valence-corrected chi connectivity index (χ4v) is 3.74. The van der Waals surface area contributed by atoms with Gasteiger partial charge in [0.1, 0.15) is 18.0 Å². The van der Waals surface area contributed by atoms with Gasteiger partial charge >= 0.3 is 0 Å². The van der Waals surface area contributed by atoms with Gasteiger partial charge in [-0.1, -0.05) is 18.2 Å². The molecule has 0 aliphatic carbocycles. The van der Waals surface area contributed by atoms with Crippen LogP contribution in [0.5, 0.6) is 0 Å². The summed E-state index contributed by atoms with van der Waals surface area (Å²) in [5, 5.41) is 14.3. The first-order valence-corrected chi connectivity index (χ1v) is 10.5. The molecule has 0 bridgehead atoms. The zero-order chi connectivity index (χ0) is 23.7. The number of fused-ring (bicyclic) bond motifs is 1. The lowest BCUT2D eigenvalue weighted by Crippen LogP contribution is -2.11. The van der Waals surface area contributed by atoms with E-state index in [0.29, 0.717) is 17.6 Å². The maximum atomic E-state index is 11.1. The highest BCUT2D eigenvalue weighted by Gasteiger charge is 2.13. The van der Waals surface area contributed by atoms with Crippen LogP contribution in [0.1, 0.15) is 18.5 Å². The minimum atomic E-state index is -0.410. The molecule has 0 aliphatic rings. The summed E-state index contributed by atoms with van der Waals surface area (Å²) in [6.45, 7) is 1.90. The Morgan fingerprint density at radius 2 is 1.82 bits per heavy atom. The maximum Gasteiger partial charge on any atom is 0.269 e. The van der Waals surface area contributed by atoms with E-state index in [-0.39, 0.29) is 11.7 Å². The highest BCUT2D eigenvalue weighted by atomic mass is 16.6. The molecular weight excluding hydrogens is 432 g/mol. The summed E-state index contributed by atoms with van der Waals surface area (Å²) in [4.78, 5) is 28.2. The smallest absolute Gasteiger partial charge is 0.269 e. The van der Waals surface area contributed by atoms with Crippen molar-refractivity contribution in [3.63, 3.8) is 0 Å². The van der Waals surface area contributed by atoms with Crippen LogP contribution in [0.15, 0.2) is 79.4 Å². The molecule has 3 N–H and O–H groups in total. The summed E-state index contributed by atoms with van der Waals surface area (Å²) < 4.78 is 1.88. The minimum absolute atomic E-state index is 0.0412. The molecule has 34 heavy (non-hydrogen) atoms. The van der Waals surface area contributed by atoms with E-state index in [2.05, 4.69) is 25.3 Å². The standard InChI is InChI=1S/C24H20N8O2/c1-15(16-3-2-4-19(11-16)32(33)34)29-24-27-10-8-23(30-24)31-14-28-20-12-17(5-6-21(20)31)18-7-9-26-22(25)13-18/h2-15H,1H3,(H2,25,26)(H,27,29,30)/t15-/m0/s1. The van der Waals surface area contributed by atoms with Gasteiger partial charge in [-0.15, -0.1) is 0 Å². The molecule has 0 unspecified atom stereocenters. The highest BCUT2D eigenvalue weighted by molar-refractivity contribution is 5.83. The number of nitro groups is 1. The lowest BCUT2D eigenvalue weighted by Gasteiger charge is -2.14. The molecule has 3 aromatic heterocycles. The normalized spacial score (nSPS) is 11.9. The maximum absolute atomic E-state index is 11.1. The number of hydrogen-bond donors (Lipinski definition) is 2. The summed E-state index contributed by atoms with van der Waals surface area (Å²) in [7, 11) is 0. The van der Waals surface area contributed by atoms with Crippen molar-refractivity contribution in [3.05, 3.63) is 95.1 Å². The van der Waals surface area contributed by atoms with Crippen LogP contribution in [-0.2, 0) is 0 Å². The molecule has 10 heteroatoms. The number of non-ortho nitro benzene ring substituents is 1. The third-order valence-electron chi connectivity index (χ3n) is 5.48. The monoisotopic (exact) mass is 452 g/mol. The Kier molecular flexibility index (Phi) is 5.30. The van der Waals surface area contributed by atoms with Gasteiger partial charge in [0.25, 0.3) is 5.69 Å². The molecule has 2 aromatic carbocycles. The van der Waals surface area contributed by atoms with Crippen LogP contribution < -0.4 is 11.1 Å². The van der Waals surface area contributed by atoms with Gasteiger partial charge < -0.3 is 11.1 Å². The molecule has 0 saturated heterocycles. The molecule has 3 heterocycles. The second kappa shape index (κ2) is 8.58. The number of nitrogens with one attached hydrogen (secondary N) is 1. The van der Waals surface area contributed by atoms with Crippen molar-refractivity contribution in [2.45, 2.75) is 13.0 Å². The topological polar surface area (TPSA) is 138 Å². The molecule has 0 amide bonds. The van der Waals surface area contributed by atoms with Crippen LogP contribution in [0.4, 0.5) is 17.5 Å². The molecule has 5 aromatic rings. The molecule has 0 radical (unpaired) electrons. The van der Waals surface area contributed by atoms with E-state index in [1.165, 1.54) is 6.07 Å². The van der Waals surface area contributed by atoms with Crippen molar-refractivity contribution in [3.8, 4) is 16.9 Å². The Labute approximate surface area is 194 Å². The van der Waals surface area contributed by atoms with Crippen LogP contribution in [0, 0.1) is 10.1 Å². The molecule has 5 rings (SSSR count). The molecule has 0 spiro atoms. The highest BCUT2D eigenvalue weighted by Crippen LogP contribution is 2.26. The van der Waals surface area contributed by atoms with Crippen LogP contribution >= 0.6 is 0 Å². The summed E-state index contributed by atoms with van der Waals surface area (Å²) in [5.41, 5.74) is 10.3. The number of nitrogens with zero attached hydrogens (tertiary/aromatic N) is 6. The van der Waals surface area contributed by atoms with Gasteiger partial charge in [0, 0.05) is 24.5 Å². The Morgan fingerprint density at radius 1 is 1.00 bits per heavy atom. The van der Waals surface area contributed by atoms with E-state index in [1.807, 2.05) is 47.9 Å². The number of hydrogen-bond acceptors (Lipinski definition) is 8. The Morgan fingerprint density at radius 3 is 2.65 bits per heavy atom. The quantitative estimate of drug-likeness (QED) is 0.283. The third kappa shape index (κ3) is 4.11. The van der Waals surface area contributed by atoms with Gasteiger partial charge in [-0.25, -0.2) is 15.0 Å². The number of nitrogens with two attached hydrogens (primary N) is 1. The van der Waals surface area contributed by atoms with Crippen LogP contribution in [0.3, 0.4) is 0 Å². The lowest BCUT2D eigenvalue weighted by molar-refractivity contribution is -0.384. The second-order valence-electron chi connectivity index (χ2n) is 7.74. The van der Waals surface area contributed by atoms with E-state index >= 15 is 0 Å². The average molecular weight is 452 g/mol. The second-order valence-corrected chi connectivity index (χ2v) is 7.74. The predicted molar refractivity (Wildman–Crippen MR) is 129 cm³/mol. The molecule has 0 aliphatic heterocycles. The Hall–Kier alpha value is -4.86. The van der Waals surface area contributed by atoms with Crippen molar-refractivity contribution in [1.29, 1.82) is 0 Å². The summed E-state index contributed by atoms with van der Waals surface area (Å²) >= 11 is 0. The minimum Gasteiger partial charge on any atom is -0.384 e. The van der Waals surface area contributed by atoms with Crippen LogP contribution in [0.2, 0.25) is 0 Å². The first kappa shape index (κ1) is 21.0.